The molecule has 0 aliphatic carbocycles. The van der Waals surface area contributed by atoms with E-state index in [9.17, 15) is 14.4 Å². The van der Waals surface area contributed by atoms with Crippen LogP contribution in [-0.4, -0.2) is 53.4 Å². The summed E-state index contributed by atoms with van der Waals surface area (Å²) in [4.78, 5) is 40.7. The second-order valence-corrected chi connectivity index (χ2v) is 7.45. The van der Waals surface area contributed by atoms with Gasteiger partial charge in [-0.05, 0) is 52.8 Å². The van der Waals surface area contributed by atoms with E-state index in [2.05, 4.69) is 10.3 Å². The molecule has 1 atom stereocenters. The zero-order valence-corrected chi connectivity index (χ0v) is 17.6. The van der Waals surface area contributed by atoms with Gasteiger partial charge in [0.05, 0.1) is 19.8 Å². The van der Waals surface area contributed by atoms with E-state index < -0.39 is 23.6 Å². The molecule has 9 heteroatoms. The van der Waals surface area contributed by atoms with Gasteiger partial charge in [0.2, 0.25) is 0 Å². The second-order valence-electron chi connectivity index (χ2n) is 7.45. The number of carbonyl (C=O) groups is 3. The van der Waals surface area contributed by atoms with E-state index in [1.807, 2.05) is 6.92 Å². The average Bonchev–Trinajstić information content (AvgIpc) is 3.03. The summed E-state index contributed by atoms with van der Waals surface area (Å²) in [7, 11) is 1.27. The summed E-state index contributed by atoms with van der Waals surface area (Å²) in [6.45, 7) is 9.23. The highest BCUT2D eigenvalue weighted by atomic mass is 16.6. The Labute approximate surface area is 169 Å². The van der Waals surface area contributed by atoms with Crippen molar-refractivity contribution in [1.82, 2.24) is 14.9 Å². The number of pyridine rings is 1. The molecular weight excluding hydrogens is 378 g/mol. The Morgan fingerprint density at radius 1 is 1.21 bits per heavy atom. The number of amides is 1. The highest BCUT2D eigenvalue weighted by Crippen LogP contribution is 2.24. The molecule has 1 N–H and O–H groups in total. The molecule has 2 heterocycles. The molecule has 2 aromatic rings. The van der Waals surface area contributed by atoms with Crippen LogP contribution in [0.1, 0.15) is 61.6 Å². The molecule has 2 aromatic heterocycles. The molecule has 0 aliphatic heterocycles. The predicted octanol–water partition coefficient (Wildman–Crippen LogP) is 3.09. The van der Waals surface area contributed by atoms with Gasteiger partial charge in [0.25, 0.3) is 0 Å². The number of hydrogen-bond donors (Lipinski definition) is 1. The quantitative estimate of drug-likeness (QED) is 0.581. The molecule has 0 unspecified atom stereocenters. The summed E-state index contributed by atoms with van der Waals surface area (Å²) >= 11 is 0. The molecule has 29 heavy (non-hydrogen) atoms. The Hall–Kier alpha value is -3.10. The van der Waals surface area contributed by atoms with Gasteiger partial charge < -0.3 is 24.1 Å². The zero-order valence-electron chi connectivity index (χ0n) is 17.6. The first-order valence-corrected chi connectivity index (χ1v) is 9.31. The van der Waals surface area contributed by atoms with Crippen molar-refractivity contribution < 1.29 is 28.6 Å². The van der Waals surface area contributed by atoms with Gasteiger partial charge in [-0.2, -0.15) is 0 Å². The van der Waals surface area contributed by atoms with Gasteiger partial charge in [-0.3, -0.25) is 0 Å². The molecule has 0 saturated carbocycles. The molecule has 0 fully saturated rings. The fourth-order valence-electron chi connectivity index (χ4n) is 2.76. The van der Waals surface area contributed by atoms with Crippen LogP contribution in [0.2, 0.25) is 0 Å². The molecule has 0 radical (unpaired) electrons. The third-order valence-corrected chi connectivity index (χ3v) is 3.95. The predicted molar refractivity (Wildman–Crippen MR) is 106 cm³/mol. The Kier molecular flexibility index (Phi) is 6.84. The minimum absolute atomic E-state index is 0.113. The Morgan fingerprint density at radius 2 is 1.90 bits per heavy atom. The van der Waals surface area contributed by atoms with Gasteiger partial charge in [0, 0.05) is 11.9 Å². The molecule has 0 saturated heterocycles. The van der Waals surface area contributed by atoms with Crippen molar-refractivity contribution >= 4 is 29.1 Å². The number of nitrogens with zero attached hydrogens (tertiary/aromatic N) is 2. The van der Waals surface area contributed by atoms with E-state index in [0.717, 1.165) is 0 Å². The van der Waals surface area contributed by atoms with Crippen LogP contribution in [0.3, 0.4) is 0 Å². The third kappa shape index (κ3) is 5.46. The van der Waals surface area contributed by atoms with Crippen molar-refractivity contribution in [3.05, 3.63) is 29.6 Å². The molecule has 0 bridgehead atoms. The fourth-order valence-corrected chi connectivity index (χ4v) is 2.76. The lowest BCUT2D eigenvalue weighted by Gasteiger charge is -2.22. The monoisotopic (exact) mass is 405 g/mol. The van der Waals surface area contributed by atoms with Gasteiger partial charge in [0.1, 0.15) is 16.9 Å². The minimum Gasteiger partial charge on any atom is -0.464 e. The molecule has 0 aromatic carbocycles. The number of methoxy groups -OCH3 is 1. The minimum atomic E-state index is -0.624. The number of alkyl carbamates (subject to hydrolysis) is 1. The second kappa shape index (κ2) is 8.93. The SMILES string of the molecule is CCOC(=O)c1cc2ccc(C(=O)OC)nc2n1[C@H](C)CNC(=O)OC(C)(C)C. The lowest BCUT2D eigenvalue weighted by atomic mass is 10.2. The van der Waals surface area contributed by atoms with Gasteiger partial charge in [-0.1, -0.05) is 0 Å². The maximum absolute atomic E-state index is 12.5. The number of rotatable bonds is 6. The standard InChI is InChI=1S/C20H27N3O6/c1-7-28-18(25)15-10-13-8-9-14(17(24)27-6)22-16(13)23(15)12(2)11-21-19(26)29-20(3,4)5/h8-10,12H,7,11H2,1-6H3,(H,21,26)/t12-/m1/s1. The van der Waals surface area contributed by atoms with E-state index in [4.69, 9.17) is 14.2 Å². The van der Waals surface area contributed by atoms with Crippen LogP contribution in [0, 0.1) is 0 Å². The Morgan fingerprint density at radius 3 is 2.48 bits per heavy atom. The molecule has 158 valence electrons. The summed E-state index contributed by atoms with van der Waals surface area (Å²) in [6, 6.07) is 4.48. The maximum atomic E-state index is 12.5. The zero-order chi connectivity index (χ0) is 21.8. The number of ether oxygens (including phenoxy) is 3. The fraction of sp³-hybridized carbons (Fsp3) is 0.500. The number of aromatic nitrogens is 2. The van der Waals surface area contributed by atoms with Crippen LogP contribution in [0.25, 0.3) is 11.0 Å². The van der Waals surface area contributed by atoms with Crippen molar-refractivity contribution in [2.45, 2.75) is 46.3 Å². The summed E-state index contributed by atoms with van der Waals surface area (Å²) in [5, 5.41) is 3.34. The van der Waals surface area contributed by atoms with E-state index in [-0.39, 0.29) is 30.6 Å². The van der Waals surface area contributed by atoms with Crippen molar-refractivity contribution in [3.8, 4) is 0 Å². The largest absolute Gasteiger partial charge is 0.464 e. The number of hydrogen-bond acceptors (Lipinski definition) is 7. The first kappa shape index (κ1) is 22.2. The number of esters is 2. The van der Waals surface area contributed by atoms with Crippen LogP contribution in [-0.2, 0) is 14.2 Å². The summed E-state index contributed by atoms with van der Waals surface area (Å²) in [5.74, 6) is -1.11. The molecule has 9 nitrogen and oxygen atoms in total. The number of nitrogens with one attached hydrogen (secondary N) is 1. The van der Waals surface area contributed by atoms with Crippen LogP contribution in [0.15, 0.2) is 18.2 Å². The third-order valence-electron chi connectivity index (χ3n) is 3.95. The number of carbonyl (C=O) groups excluding carboxylic acids is 3. The average molecular weight is 405 g/mol. The molecule has 0 aliphatic rings. The molecular formula is C20H27N3O6. The van der Waals surface area contributed by atoms with E-state index in [1.54, 1.807) is 44.4 Å². The van der Waals surface area contributed by atoms with Crippen LogP contribution >= 0.6 is 0 Å². The van der Waals surface area contributed by atoms with Gasteiger partial charge >= 0.3 is 18.0 Å². The van der Waals surface area contributed by atoms with Gasteiger partial charge in [-0.15, -0.1) is 0 Å². The van der Waals surface area contributed by atoms with Crippen LogP contribution in [0.4, 0.5) is 4.79 Å². The lowest BCUT2D eigenvalue weighted by Crippen LogP contribution is -2.35. The first-order chi connectivity index (χ1) is 13.6. The van der Waals surface area contributed by atoms with E-state index in [0.29, 0.717) is 11.0 Å². The summed E-state index contributed by atoms with van der Waals surface area (Å²) in [5.41, 5.74) is 0.173. The Balaban J connectivity index is 2.40. The van der Waals surface area contributed by atoms with Crippen LogP contribution < -0.4 is 5.32 Å². The van der Waals surface area contributed by atoms with Gasteiger partial charge in [0.15, 0.2) is 5.69 Å². The van der Waals surface area contributed by atoms with Crippen molar-refractivity contribution in [3.63, 3.8) is 0 Å². The lowest BCUT2D eigenvalue weighted by molar-refractivity contribution is 0.0510. The Bertz CT molecular complexity index is 913. The van der Waals surface area contributed by atoms with Crippen molar-refractivity contribution in [1.29, 1.82) is 0 Å². The van der Waals surface area contributed by atoms with Crippen LogP contribution in [0.5, 0.6) is 0 Å². The van der Waals surface area contributed by atoms with Gasteiger partial charge in [-0.25, -0.2) is 19.4 Å². The van der Waals surface area contributed by atoms with E-state index >= 15 is 0 Å². The maximum Gasteiger partial charge on any atom is 0.407 e. The highest BCUT2D eigenvalue weighted by molar-refractivity contribution is 5.96. The molecule has 2 rings (SSSR count). The van der Waals surface area contributed by atoms with E-state index in [1.165, 1.54) is 13.2 Å². The highest BCUT2D eigenvalue weighted by Gasteiger charge is 2.24. The normalized spacial score (nSPS) is 12.3. The van der Waals surface area contributed by atoms with Crippen molar-refractivity contribution in [2.24, 2.45) is 0 Å². The topological polar surface area (TPSA) is 109 Å². The summed E-state index contributed by atoms with van der Waals surface area (Å²) < 4.78 is 16.8. The van der Waals surface area contributed by atoms with Crippen molar-refractivity contribution in [2.75, 3.05) is 20.3 Å². The summed E-state index contributed by atoms with van der Waals surface area (Å²) in [6.07, 6.45) is -0.568. The molecule has 1 amide bonds. The smallest absolute Gasteiger partial charge is 0.407 e. The number of fused-ring (bicyclic) bond motifs is 1. The molecule has 0 spiro atoms. The first-order valence-electron chi connectivity index (χ1n) is 9.31.